The quantitative estimate of drug-likeness (QED) is 0.245. The van der Waals surface area contributed by atoms with Gasteiger partial charge < -0.3 is 0 Å². The van der Waals surface area contributed by atoms with E-state index in [9.17, 15) is 0 Å². The summed E-state index contributed by atoms with van der Waals surface area (Å²) >= 11 is 5.38. The van der Waals surface area contributed by atoms with Crippen LogP contribution in [0.3, 0.4) is 0 Å². The minimum atomic E-state index is 0.936. The molecule has 4 saturated carbocycles. The van der Waals surface area contributed by atoms with Gasteiger partial charge in [-0.1, -0.05) is 12.1 Å². The lowest BCUT2D eigenvalue weighted by Gasteiger charge is -2.24. The van der Waals surface area contributed by atoms with Crippen molar-refractivity contribution < 1.29 is 0 Å². The van der Waals surface area contributed by atoms with E-state index in [1.54, 1.807) is 51.6 Å². The summed E-state index contributed by atoms with van der Waals surface area (Å²) in [5.74, 6) is 7.50. The van der Waals surface area contributed by atoms with Crippen molar-refractivity contribution >= 4 is 45.2 Å². The summed E-state index contributed by atoms with van der Waals surface area (Å²) in [7, 11) is 0. The molecule has 176 valence electrons. The highest BCUT2D eigenvalue weighted by atomic mass is 127. The molecule has 2 heteroatoms. The van der Waals surface area contributed by atoms with Crippen LogP contribution < -0.4 is 0 Å². The monoisotopic (exact) mass is 672 g/mol. The Bertz CT molecular complexity index is 1070. The zero-order valence-electron chi connectivity index (χ0n) is 20.0. The van der Waals surface area contributed by atoms with Crippen LogP contribution in [0, 0.1) is 7.14 Å². The average molecular weight is 672 g/mol. The minimum Gasteiger partial charge on any atom is -0.0546 e. The molecule has 8 aliphatic rings. The van der Waals surface area contributed by atoms with E-state index < -0.39 is 0 Å². The van der Waals surface area contributed by atoms with Crippen LogP contribution in [0.2, 0.25) is 0 Å². The van der Waals surface area contributed by atoms with Crippen LogP contribution in [0.1, 0.15) is 169 Å². The number of hydrogen-bond acceptors (Lipinski definition) is 0. The summed E-state index contributed by atoms with van der Waals surface area (Å²) in [6.07, 6.45) is 17.7. The zero-order chi connectivity index (χ0) is 22.3. The largest absolute Gasteiger partial charge is 0.0546 e. The third-order valence-corrected chi connectivity index (χ3v) is 14.3. The van der Waals surface area contributed by atoms with Crippen molar-refractivity contribution in [2.24, 2.45) is 0 Å². The van der Waals surface area contributed by atoms with E-state index in [1.807, 2.05) is 0 Å². The number of rotatable bonds is 0. The van der Waals surface area contributed by atoms with Gasteiger partial charge in [0.25, 0.3) is 0 Å². The third-order valence-electron chi connectivity index (χ3n) is 11.9. The number of hydrogen-bond donors (Lipinski definition) is 0. The average Bonchev–Trinajstić information content (AvgIpc) is 3.71. The van der Waals surface area contributed by atoms with Crippen molar-refractivity contribution in [3.63, 3.8) is 0 Å². The third kappa shape index (κ3) is 2.62. The molecule has 4 fully saturated rings. The SMILES string of the molecule is Ic1c2c(cc3c1[C@@H]1CC[C@H]3C1)[C@H]1CC[C@@H]2C1.Ic1c2c(cc3c1[C@H]1CC[C@@H]3C1)[C@@H]1CC[C@H]2C1. The highest BCUT2D eigenvalue weighted by Crippen LogP contribution is 2.62. The molecule has 0 aromatic heterocycles. The molecule has 0 aliphatic heterocycles. The molecule has 10 rings (SSSR count). The fraction of sp³-hybridized carbons (Fsp3) is 0.625. The predicted octanol–water partition coefficient (Wildman–Crippen LogP) is 10.0. The van der Waals surface area contributed by atoms with Gasteiger partial charge in [-0.15, -0.1) is 0 Å². The number of halogens is 2. The predicted molar refractivity (Wildman–Crippen MR) is 156 cm³/mol. The summed E-state index contributed by atoms with van der Waals surface area (Å²) in [5.41, 5.74) is 14.3. The molecule has 0 nitrogen and oxygen atoms in total. The number of fused-ring (bicyclic) bond motifs is 20. The maximum atomic E-state index is 2.69. The van der Waals surface area contributed by atoms with Gasteiger partial charge in [-0.3, -0.25) is 0 Å². The number of benzene rings is 2. The summed E-state index contributed by atoms with van der Waals surface area (Å²) in [5, 5.41) is 0. The van der Waals surface area contributed by atoms with Gasteiger partial charge in [0.05, 0.1) is 0 Å². The maximum Gasteiger partial charge on any atom is 0.0205 e. The van der Waals surface area contributed by atoms with Gasteiger partial charge in [0.15, 0.2) is 0 Å². The fourth-order valence-electron chi connectivity index (χ4n) is 10.6. The van der Waals surface area contributed by atoms with Gasteiger partial charge in [0, 0.05) is 7.14 Å². The normalized spacial score (nSPS) is 39.8. The van der Waals surface area contributed by atoms with E-state index in [0.29, 0.717) is 0 Å². The van der Waals surface area contributed by atoms with Crippen molar-refractivity contribution in [1.82, 2.24) is 0 Å². The Balaban J connectivity index is 0.000000104. The summed E-state index contributed by atoms with van der Waals surface area (Å²) in [6.45, 7) is 0. The second-order valence-electron chi connectivity index (χ2n) is 13.2. The lowest BCUT2D eigenvalue weighted by Crippen LogP contribution is -2.08. The molecule has 34 heavy (non-hydrogen) atoms. The summed E-state index contributed by atoms with van der Waals surface area (Å²) < 4.78 is 3.41. The molecule has 2 aromatic rings. The summed E-state index contributed by atoms with van der Waals surface area (Å²) in [4.78, 5) is 0. The van der Waals surface area contributed by atoms with E-state index in [0.717, 1.165) is 47.3 Å². The maximum absolute atomic E-state index is 2.69. The fourth-order valence-corrected chi connectivity index (χ4v) is 13.6. The summed E-state index contributed by atoms with van der Waals surface area (Å²) in [6, 6.07) is 5.31. The van der Waals surface area contributed by atoms with Crippen molar-refractivity contribution in [1.29, 1.82) is 0 Å². The molecule has 0 unspecified atom stereocenters. The first-order valence-corrected chi connectivity index (χ1v) is 16.5. The second-order valence-corrected chi connectivity index (χ2v) is 15.4. The first-order chi connectivity index (χ1) is 16.7. The van der Waals surface area contributed by atoms with Crippen molar-refractivity contribution in [2.45, 2.75) is 124 Å². The Labute approximate surface area is 231 Å². The molecular formula is C32H34I2. The Morgan fingerprint density at radius 1 is 0.382 bits per heavy atom. The molecular weight excluding hydrogens is 638 g/mol. The van der Waals surface area contributed by atoms with Crippen LogP contribution in [0.4, 0.5) is 0 Å². The van der Waals surface area contributed by atoms with Crippen molar-refractivity contribution in [3.05, 3.63) is 63.8 Å². The lowest BCUT2D eigenvalue weighted by atomic mass is 9.83. The van der Waals surface area contributed by atoms with E-state index >= 15 is 0 Å². The van der Waals surface area contributed by atoms with Gasteiger partial charge in [-0.05, 0) is 214 Å². The van der Waals surface area contributed by atoms with E-state index in [4.69, 9.17) is 0 Å². The van der Waals surface area contributed by atoms with Gasteiger partial charge in [0.2, 0.25) is 0 Å². The van der Waals surface area contributed by atoms with Gasteiger partial charge in [-0.25, -0.2) is 0 Å². The highest BCUT2D eigenvalue weighted by molar-refractivity contribution is 14.1. The van der Waals surface area contributed by atoms with Crippen LogP contribution in [-0.2, 0) is 0 Å². The Hall–Kier alpha value is -0.100. The Morgan fingerprint density at radius 3 is 0.882 bits per heavy atom. The molecule has 0 saturated heterocycles. The zero-order valence-corrected chi connectivity index (χ0v) is 24.3. The molecule has 8 bridgehead atoms. The van der Waals surface area contributed by atoms with Crippen molar-refractivity contribution in [2.75, 3.05) is 0 Å². The van der Waals surface area contributed by atoms with Crippen molar-refractivity contribution in [3.8, 4) is 0 Å². The first-order valence-electron chi connectivity index (χ1n) is 14.4. The van der Waals surface area contributed by atoms with Crippen LogP contribution >= 0.6 is 45.2 Å². The van der Waals surface area contributed by atoms with Crippen LogP contribution in [-0.4, -0.2) is 0 Å². The first kappa shape index (κ1) is 20.9. The molecule has 8 atom stereocenters. The van der Waals surface area contributed by atoms with Crippen LogP contribution in [0.5, 0.6) is 0 Å². The highest BCUT2D eigenvalue weighted by Gasteiger charge is 2.46. The molecule has 0 heterocycles. The van der Waals surface area contributed by atoms with Crippen LogP contribution in [0.25, 0.3) is 0 Å². The van der Waals surface area contributed by atoms with E-state index in [1.165, 1.54) is 77.0 Å². The van der Waals surface area contributed by atoms with Crippen LogP contribution in [0.15, 0.2) is 12.1 Å². The van der Waals surface area contributed by atoms with Gasteiger partial charge >= 0.3 is 0 Å². The van der Waals surface area contributed by atoms with Gasteiger partial charge in [0.1, 0.15) is 0 Å². The molecule has 0 radical (unpaired) electrons. The standard InChI is InChI=1S/2C16H17I/c2*17-16-14-10-3-1-8(5-10)12(14)7-13-9-2-4-11(6-9)15(13)16/h2*7-11H,1-6H2/t2*8-,9-,10+,11+/m10/s1. The lowest BCUT2D eigenvalue weighted by molar-refractivity contribution is 0.684. The molecule has 2 aromatic carbocycles. The van der Waals surface area contributed by atoms with E-state index in [2.05, 4.69) is 57.3 Å². The smallest absolute Gasteiger partial charge is 0.0205 e. The minimum absolute atomic E-state index is 0.936. The second kappa shape index (κ2) is 7.26. The molecule has 0 spiro atoms. The van der Waals surface area contributed by atoms with Gasteiger partial charge in [-0.2, -0.15) is 0 Å². The molecule has 0 N–H and O–H groups in total. The Kier molecular flexibility index (Phi) is 4.46. The molecule has 0 amide bonds. The molecule has 8 aliphatic carbocycles. The Morgan fingerprint density at radius 2 is 0.618 bits per heavy atom. The topological polar surface area (TPSA) is 0 Å². The van der Waals surface area contributed by atoms with E-state index in [-0.39, 0.29) is 0 Å².